The third-order valence-electron chi connectivity index (χ3n) is 7.62. The molecule has 0 aliphatic carbocycles. The van der Waals surface area contributed by atoms with Gasteiger partial charge >= 0.3 is 0 Å². The molecular formula is C29H49N3O6. The lowest BCUT2D eigenvalue weighted by Gasteiger charge is -2.28. The third-order valence-corrected chi connectivity index (χ3v) is 7.62. The fourth-order valence-electron chi connectivity index (χ4n) is 4.73. The van der Waals surface area contributed by atoms with Crippen LogP contribution in [0.5, 0.6) is 11.5 Å². The topological polar surface area (TPSA) is 135 Å². The molecule has 0 bridgehead atoms. The number of nitrogens with one attached hydrogen (secondary N) is 1. The zero-order valence-corrected chi connectivity index (χ0v) is 24.3. The summed E-state index contributed by atoms with van der Waals surface area (Å²) < 4.78 is 22.7. The Bertz CT molecular complexity index is 906. The number of hydrogen-bond donors (Lipinski definition) is 3. The van der Waals surface area contributed by atoms with Gasteiger partial charge in [-0.15, -0.1) is 0 Å². The summed E-state index contributed by atoms with van der Waals surface area (Å²) in [6, 6.07) is 5.87. The number of carbonyl (C=O) groups excluding carboxylic acids is 2. The Morgan fingerprint density at radius 2 is 1.89 bits per heavy atom. The summed E-state index contributed by atoms with van der Waals surface area (Å²) in [5, 5.41) is 2.87. The van der Waals surface area contributed by atoms with E-state index in [1.165, 1.54) is 0 Å². The quantitative estimate of drug-likeness (QED) is 0.277. The van der Waals surface area contributed by atoms with Gasteiger partial charge in [-0.2, -0.15) is 0 Å². The highest BCUT2D eigenvalue weighted by Crippen LogP contribution is 2.34. The monoisotopic (exact) mass is 535 g/mol. The number of hydrogen-bond acceptors (Lipinski definition) is 7. The molecule has 1 heterocycles. The Labute approximate surface area is 228 Å². The Morgan fingerprint density at radius 1 is 1.18 bits per heavy atom. The Balaban J connectivity index is 2.00. The molecule has 38 heavy (non-hydrogen) atoms. The van der Waals surface area contributed by atoms with Gasteiger partial charge in [0, 0.05) is 32.7 Å². The van der Waals surface area contributed by atoms with Gasteiger partial charge in [0.05, 0.1) is 37.3 Å². The maximum Gasteiger partial charge on any atom is 0.225 e. The molecule has 1 aliphatic rings. The summed E-state index contributed by atoms with van der Waals surface area (Å²) >= 11 is 0. The van der Waals surface area contributed by atoms with Crippen LogP contribution >= 0.6 is 0 Å². The summed E-state index contributed by atoms with van der Waals surface area (Å²) in [4.78, 5) is 24.4. The predicted molar refractivity (Wildman–Crippen MR) is 148 cm³/mol. The van der Waals surface area contributed by atoms with Gasteiger partial charge in [0.2, 0.25) is 11.8 Å². The zero-order chi connectivity index (χ0) is 28.5. The number of ether oxygens (including phenoxy) is 4. The molecule has 2 amide bonds. The van der Waals surface area contributed by atoms with E-state index in [-0.39, 0.29) is 36.6 Å². The molecule has 0 radical (unpaired) electrons. The molecule has 5 atom stereocenters. The summed E-state index contributed by atoms with van der Waals surface area (Å²) in [5.41, 5.74) is 12.5. The Kier molecular flexibility index (Phi) is 12.3. The number of carbonyl (C=O) groups is 2. The second-order valence-electron chi connectivity index (χ2n) is 11.5. The average Bonchev–Trinajstić information content (AvgIpc) is 3.26. The number of nitrogens with two attached hydrogens (primary N) is 2. The fraction of sp³-hybridized carbons (Fsp3) is 0.724. The van der Waals surface area contributed by atoms with Crippen molar-refractivity contribution in [2.75, 3.05) is 34.0 Å². The van der Waals surface area contributed by atoms with Crippen molar-refractivity contribution in [2.24, 2.45) is 34.6 Å². The highest BCUT2D eigenvalue weighted by Gasteiger charge is 2.40. The molecule has 216 valence electrons. The van der Waals surface area contributed by atoms with Gasteiger partial charge in [0.15, 0.2) is 11.5 Å². The second-order valence-corrected chi connectivity index (χ2v) is 11.5. The van der Waals surface area contributed by atoms with Crippen LogP contribution in [0.1, 0.15) is 59.4 Å². The largest absolute Gasteiger partial charge is 0.493 e. The molecule has 0 saturated carbocycles. The van der Waals surface area contributed by atoms with Gasteiger partial charge in [0.25, 0.3) is 0 Å². The first-order valence-corrected chi connectivity index (χ1v) is 13.7. The summed E-state index contributed by atoms with van der Waals surface area (Å²) in [6.45, 7) is 11.1. The minimum atomic E-state index is -0.811. The highest BCUT2D eigenvalue weighted by molar-refractivity contribution is 5.83. The van der Waals surface area contributed by atoms with Crippen LogP contribution < -0.4 is 26.3 Å². The van der Waals surface area contributed by atoms with E-state index >= 15 is 0 Å². The first-order valence-electron chi connectivity index (χ1n) is 13.7. The van der Waals surface area contributed by atoms with Crippen molar-refractivity contribution in [2.45, 2.75) is 78.6 Å². The van der Waals surface area contributed by atoms with Crippen molar-refractivity contribution in [1.82, 2.24) is 5.32 Å². The minimum absolute atomic E-state index is 0.127. The summed E-state index contributed by atoms with van der Waals surface area (Å²) in [6.07, 6.45) is 2.51. The SMILES string of the molecule is COCCCOc1cc(C[C@@H](C[C@H](N)[C@@H]2C[C@H](C(=O)NCC(C)(C)C(N)=O)C(C)O2)C(C)C)ccc1OC. The number of rotatable bonds is 16. The molecule has 1 saturated heterocycles. The first kappa shape index (κ1) is 31.9. The number of amides is 2. The molecule has 1 aromatic rings. The smallest absolute Gasteiger partial charge is 0.225 e. The molecule has 9 heteroatoms. The lowest BCUT2D eigenvalue weighted by Crippen LogP contribution is -2.45. The van der Waals surface area contributed by atoms with E-state index in [9.17, 15) is 9.59 Å². The standard InChI is InChI=1S/C29H49N3O6/c1-18(2)21(13-20-9-10-24(36-7)26(14-20)37-12-8-11-35-6)15-23(30)25-16-22(19(3)38-25)27(33)32-17-29(4,5)28(31)34/h9-10,14,18-19,21-23,25H,8,11-13,15-17,30H2,1-7H3,(H2,31,34)(H,32,33)/t19?,21-,22-,23-,25-/m0/s1. The van der Waals surface area contributed by atoms with E-state index in [4.69, 9.17) is 30.4 Å². The number of benzene rings is 1. The van der Waals surface area contributed by atoms with Gasteiger partial charge in [0.1, 0.15) is 0 Å². The average molecular weight is 536 g/mol. The van der Waals surface area contributed by atoms with E-state index in [2.05, 4.69) is 31.3 Å². The van der Waals surface area contributed by atoms with Gasteiger partial charge in [-0.1, -0.05) is 19.9 Å². The second kappa shape index (κ2) is 14.7. The van der Waals surface area contributed by atoms with Crippen LogP contribution in [0.3, 0.4) is 0 Å². The van der Waals surface area contributed by atoms with Crippen molar-refractivity contribution in [1.29, 1.82) is 0 Å². The predicted octanol–water partition coefficient (Wildman–Crippen LogP) is 3.06. The van der Waals surface area contributed by atoms with Gasteiger partial charge in [-0.05, 0) is 69.6 Å². The number of methoxy groups -OCH3 is 2. The van der Waals surface area contributed by atoms with Gasteiger partial charge in [-0.25, -0.2) is 0 Å². The molecular weight excluding hydrogens is 486 g/mol. The molecule has 5 N–H and O–H groups in total. The van der Waals surface area contributed by atoms with Crippen LogP contribution in [-0.2, 0) is 25.5 Å². The van der Waals surface area contributed by atoms with Gasteiger partial charge < -0.3 is 35.7 Å². The summed E-state index contributed by atoms with van der Waals surface area (Å²) in [5.74, 6) is 1.28. The number of primary amides is 1. The molecule has 1 unspecified atom stereocenters. The van der Waals surface area contributed by atoms with Crippen molar-refractivity contribution in [3.8, 4) is 11.5 Å². The van der Waals surface area contributed by atoms with Crippen molar-refractivity contribution in [3.63, 3.8) is 0 Å². The van der Waals surface area contributed by atoms with Crippen molar-refractivity contribution in [3.05, 3.63) is 23.8 Å². The maximum atomic E-state index is 12.8. The summed E-state index contributed by atoms with van der Waals surface area (Å²) in [7, 11) is 3.32. The lowest BCUT2D eigenvalue weighted by molar-refractivity contribution is -0.129. The van der Waals surface area contributed by atoms with Crippen LogP contribution in [0.25, 0.3) is 0 Å². The molecule has 0 spiro atoms. The van der Waals surface area contributed by atoms with Crippen LogP contribution in [0.4, 0.5) is 0 Å². The van der Waals surface area contributed by atoms with Crippen LogP contribution in [0.15, 0.2) is 18.2 Å². The van der Waals surface area contributed by atoms with Crippen LogP contribution in [-0.4, -0.2) is 64.0 Å². The van der Waals surface area contributed by atoms with Crippen molar-refractivity contribution >= 4 is 11.8 Å². The van der Waals surface area contributed by atoms with Gasteiger partial charge in [-0.3, -0.25) is 9.59 Å². The van der Waals surface area contributed by atoms with E-state index < -0.39 is 11.3 Å². The van der Waals surface area contributed by atoms with E-state index in [1.807, 2.05) is 13.0 Å². The molecule has 9 nitrogen and oxygen atoms in total. The highest BCUT2D eigenvalue weighted by atomic mass is 16.5. The lowest BCUT2D eigenvalue weighted by atomic mass is 9.82. The molecule has 1 aromatic carbocycles. The van der Waals surface area contributed by atoms with E-state index in [0.717, 1.165) is 30.6 Å². The normalized spacial score (nSPS) is 21.2. The van der Waals surface area contributed by atoms with E-state index in [1.54, 1.807) is 28.1 Å². The fourth-order valence-corrected chi connectivity index (χ4v) is 4.73. The first-order chi connectivity index (χ1) is 17.9. The van der Waals surface area contributed by atoms with E-state index in [0.29, 0.717) is 37.2 Å². The Morgan fingerprint density at radius 3 is 2.50 bits per heavy atom. The van der Waals surface area contributed by atoms with Crippen LogP contribution in [0, 0.1) is 23.2 Å². The van der Waals surface area contributed by atoms with Crippen molar-refractivity contribution < 1.29 is 28.5 Å². The molecule has 1 aliphatic heterocycles. The molecule has 0 aromatic heterocycles. The third kappa shape index (κ3) is 9.13. The molecule has 2 rings (SSSR count). The molecule has 1 fully saturated rings. The maximum absolute atomic E-state index is 12.8. The zero-order valence-electron chi connectivity index (χ0n) is 24.3. The van der Waals surface area contributed by atoms with Crippen LogP contribution in [0.2, 0.25) is 0 Å². The minimum Gasteiger partial charge on any atom is -0.493 e. The Hall–Kier alpha value is -2.36.